The normalized spacial score (nSPS) is 19.0. The van der Waals surface area contributed by atoms with E-state index in [0.717, 1.165) is 48.8 Å². The third kappa shape index (κ3) is 4.02. The summed E-state index contributed by atoms with van der Waals surface area (Å²) in [6.45, 7) is 2.16. The summed E-state index contributed by atoms with van der Waals surface area (Å²) in [6, 6.07) is 4.77. The van der Waals surface area contributed by atoms with E-state index in [1.54, 1.807) is 12.1 Å². The summed E-state index contributed by atoms with van der Waals surface area (Å²) in [5.41, 5.74) is 7.27. The number of amides is 1. The van der Waals surface area contributed by atoms with E-state index < -0.39 is 10.0 Å². The van der Waals surface area contributed by atoms with Crippen LogP contribution in [0.3, 0.4) is 0 Å². The summed E-state index contributed by atoms with van der Waals surface area (Å²) in [5.74, 6) is 0.229. The van der Waals surface area contributed by atoms with Crippen molar-refractivity contribution in [3.63, 3.8) is 0 Å². The number of nitrogens with one attached hydrogen (secondary N) is 1. The Morgan fingerprint density at radius 3 is 2.54 bits per heavy atom. The highest BCUT2D eigenvalue weighted by Crippen LogP contribution is 2.31. The number of sulfonamides is 1. The van der Waals surface area contributed by atoms with Gasteiger partial charge in [0.1, 0.15) is 0 Å². The van der Waals surface area contributed by atoms with Crippen LogP contribution in [0.2, 0.25) is 0 Å². The van der Waals surface area contributed by atoms with E-state index in [-0.39, 0.29) is 16.8 Å². The zero-order valence-electron chi connectivity index (χ0n) is 15.4. The van der Waals surface area contributed by atoms with Crippen LogP contribution in [0, 0.1) is 5.92 Å². The predicted molar refractivity (Wildman–Crippen MR) is 102 cm³/mol. The van der Waals surface area contributed by atoms with Gasteiger partial charge in [0.2, 0.25) is 10.0 Å². The van der Waals surface area contributed by atoms with Gasteiger partial charge in [0.25, 0.3) is 5.91 Å². The molecular weight excluding hydrogens is 352 g/mol. The minimum Gasteiger partial charge on any atom is -0.371 e. The molecule has 8 heteroatoms. The molecule has 0 bridgehead atoms. The van der Waals surface area contributed by atoms with Gasteiger partial charge in [0.05, 0.1) is 10.5 Å². The number of carbonyl (C=O) groups is 1. The molecule has 2 aliphatic rings. The maximum Gasteiger partial charge on any atom is 0.253 e. The van der Waals surface area contributed by atoms with E-state index in [4.69, 9.17) is 5.73 Å². The molecule has 7 nitrogen and oxygen atoms in total. The van der Waals surface area contributed by atoms with Gasteiger partial charge < -0.3 is 16.0 Å². The second-order valence-electron chi connectivity index (χ2n) is 7.37. The van der Waals surface area contributed by atoms with Gasteiger partial charge >= 0.3 is 0 Å². The Balaban J connectivity index is 1.88. The number of hydrogen-bond acceptors (Lipinski definition) is 5. The van der Waals surface area contributed by atoms with Gasteiger partial charge in [-0.3, -0.25) is 4.79 Å². The molecule has 1 aliphatic carbocycles. The van der Waals surface area contributed by atoms with Crippen LogP contribution in [0.4, 0.5) is 5.69 Å². The minimum atomic E-state index is -3.60. The summed E-state index contributed by atoms with van der Waals surface area (Å²) in [5, 5.41) is 2.89. The average Bonchev–Trinajstić information content (AvgIpc) is 3.33. The summed E-state index contributed by atoms with van der Waals surface area (Å²) < 4.78 is 26.1. The van der Waals surface area contributed by atoms with Crippen LogP contribution in [0.25, 0.3) is 0 Å². The molecule has 26 heavy (non-hydrogen) atoms. The van der Waals surface area contributed by atoms with Crippen LogP contribution >= 0.6 is 0 Å². The molecule has 1 heterocycles. The fraction of sp³-hybridized carbons (Fsp3) is 0.611. The lowest BCUT2D eigenvalue weighted by atomic mass is 10.1. The lowest BCUT2D eigenvalue weighted by molar-refractivity contribution is 0.0950. The maximum atomic E-state index is 12.8. The SMILES string of the molecule is CN(C)S(=O)(=O)c1ccc(N2CCCC2)c(C(=O)NCC(N)C2CC2)c1. The lowest BCUT2D eigenvalue weighted by Crippen LogP contribution is -2.39. The number of anilines is 1. The Kier molecular flexibility index (Phi) is 5.55. The first kappa shape index (κ1) is 19.1. The molecule has 0 aromatic heterocycles. The zero-order valence-corrected chi connectivity index (χ0v) is 16.3. The van der Waals surface area contributed by atoms with Crippen molar-refractivity contribution >= 4 is 21.6 Å². The predicted octanol–water partition coefficient (Wildman–Crippen LogP) is 1.00. The smallest absolute Gasteiger partial charge is 0.253 e. The van der Waals surface area contributed by atoms with Gasteiger partial charge in [-0.25, -0.2) is 12.7 Å². The van der Waals surface area contributed by atoms with Gasteiger partial charge in [-0.1, -0.05) is 0 Å². The summed E-state index contributed by atoms with van der Waals surface area (Å²) in [4.78, 5) is 15.1. The number of hydrogen-bond donors (Lipinski definition) is 2. The Morgan fingerprint density at radius 2 is 1.96 bits per heavy atom. The van der Waals surface area contributed by atoms with Crippen LogP contribution in [-0.2, 0) is 10.0 Å². The second kappa shape index (κ2) is 7.54. The molecule has 0 radical (unpaired) electrons. The monoisotopic (exact) mass is 380 g/mol. The molecule has 1 amide bonds. The second-order valence-corrected chi connectivity index (χ2v) is 9.52. The molecule has 1 aromatic rings. The van der Waals surface area contributed by atoms with E-state index in [1.165, 1.54) is 20.2 Å². The molecule has 1 aliphatic heterocycles. The molecule has 1 saturated carbocycles. The van der Waals surface area contributed by atoms with E-state index in [9.17, 15) is 13.2 Å². The van der Waals surface area contributed by atoms with Crippen molar-refractivity contribution in [1.29, 1.82) is 0 Å². The summed E-state index contributed by atoms with van der Waals surface area (Å²) in [7, 11) is -0.629. The topological polar surface area (TPSA) is 95.7 Å². The first-order chi connectivity index (χ1) is 12.3. The van der Waals surface area contributed by atoms with Gasteiger partial charge in [0.15, 0.2) is 0 Å². The van der Waals surface area contributed by atoms with E-state index >= 15 is 0 Å². The molecule has 1 saturated heterocycles. The van der Waals surface area contributed by atoms with Crippen LogP contribution in [-0.4, -0.2) is 58.4 Å². The lowest BCUT2D eigenvalue weighted by Gasteiger charge is -2.23. The van der Waals surface area contributed by atoms with Gasteiger partial charge in [-0.2, -0.15) is 0 Å². The standard InChI is InChI=1S/C18H28N4O3S/c1-21(2)26(24,25)14-7-8-17(22-9-3-4-10-22)15(11-14)18(23)20-12-16(19)13-5-6-13/h7-8,11,13,16H,3-6,9-10,12,19H2,1-2H3,(H,20,23). The van der Waals surface area contributed by atoms with Crippen LogP contribution in [0.5, 0.6) is 0 Å². The molecule has 1 unspecified atom stereocenters. The fourth-order valence-corrected chi connectivity index (χ4v) is 4.23. The van der Waals surface area contributed by atoms with Crippen molar-refractivity contribution in [2.24, 2.45) is 11.7 Å². The highest BCUT2D eigenvalue weighted by atomic mass is 32.2. The number of nitrogens with zero attached hydrogens (tertiary/aromatic N) is 2. The molecule has 0 spiro atoms. The first-order valence-corrected chi connectivity index (χ1v) is 10.6. The maximum absolute atomic E-state index is 12.8. The largest absolute Gasteiger partial charge is 0.371 e. The summed E-state index contributed by atoms with van der Waals surface area (Å²) >= 11 is 0. The quantitative estimate of drug-likeness (QED) is 0.736. The van der Waals surface area contributed by atoms with Crippen LogP contribution in [0.15, 0.2) is 23.1 Å². The Hall–Kier alpha value is -1.64. The Labute approximate surface area is 155 Å². The molecular formula is C18H28N4O3S. The number of rotatable bonds is 7. The van der Waals surface area contributed by atoms with Gasteiger partial charge in [-0.15, -0.1) is 0 Å². The number of benzene rings is 1. The fourth-order valence-electron chi connectivity index (χ4n) is 3.30. The van der Waals surface area contributed by atoms with Crippen molar-refractivity contribution in [2.75, 3.05) is 38.6 Å². The van der Waals surface area contributed by atoms with Crippen molar-refractivity contribution in [2.45, 2.75) is 36.6 Å². The Bertz CT molecular complexity index is 769. The molecule has 1 atom stereocenters. The van der Waals surface area contributed by atoms with E-state index in [2.05, 4.69) is 10.2 Å². The Morgan fingerprint density at radius 1 is 1.31 bits per heavy atom. The molecule has 3 N–H and O–H groups in total. The van der Waals surface area contributed by atoms with Crippen LogP contribution in [0.1, 0.15) is 36.0 Å². The van der Waals surface area contributed by atoms with Gasteiger partial charge in [0, 0.05) is 45.5 Å². The highest BCUT2D eigenvalue weighted by molar-refractivity contribution is 7.89. The van der Waals surface area contributed by atoms with Crippen molar-refractivity contribution < 1.29 is 13.2 Å². The van der Waals surface area contributed by atoms with Crippen molar-refractivity contribution in [3.05, 3.63) is 23.8 Å². The minimum absolute atomic E-state index is 0.0390. The molecule has 3 rings (SSSR count). The third-order valence-corrected chi connectivity index (χ3v) is 6.97. The van der Waals surface area contributed by atoms with Gasteiger partial charge in [-0.05, 0) is 49.8 Å². The number of carbonyl (C=O) groups excluding carboxylic acids is 1. The molecule has 2 fully saturated rings. The average molecular weight is 381 g/mol. The van der Waals surface area contributed by atoms with Crippen molar-refractivity contribution in [1.82, 2.24) is 9.62 Å². The van der Waals surface area contributed by atoms with Crippen LogP contribution < -0.4 is 16.0 Å². The molecule has 1 aromatic carbocycles. The zero-order chi connectivity index (χ0) is 18.9. The highest BCUT2D eigenvalue weighted by Gasteiger charge is 2.29. The number of nitrogens with two attached hydrogens (primary N) is 1. The van der Waals surface area contributed by atoms with E-state index in [0.29, 0.717) is 18.0 Å². The van der Waals surface area contributed by atoms with E-state index in [1.807, 2.05) is 0 Å². The first-order valence-electron chi connectivity index (χ1n) is 9.16. The van der Waals surface area contributed by atoms with Crippen molar-refractivity contribution in [3.8, 4) is 0 Å². The summed E-state index contributed by atoms with van der Waals surface area (Å²) in [6.07, 6.45) is 4.38. The molecule has 144 valence electrons. The third-order valence-electron chi connectivity index (χ3n) is 5.16.